The van der Waals surface area contributed by atoms with Crippen molar-refractivity contribution in [3.8, 4) is 0 Å². The Balaban J connectivity index is 1.81. The second kappa shape index (κ2) is 6.58. The summed E-state index contributed by atoms with van der Waals surface area (Å²) in [5, 5.41) is 10.2. The van der Waals surface area contributed by atoms with Crippen LogP contribution in [0.1, 0.15) is 23.2 Å². The lowest BCUT2D eigenvalue weighted by molar-refractivity contribution is -0.143. The number of anilines is 2. The summed E-state index contributed by atoms with van der Waals surface area (Å²) >= 11 is 0. The van der Waals surface area contributed by atoms with Gasteiger partial charge in [0, 0.05) is 32.2 Å². The molecule has 9 heteroatoms. The summed E-state index contributed by atoms with van der Waals surface area (Å²) < 4.78 is 14.9. The number of carboxylic acids is 1. The molecule has 2 bridgehead atoms. The third-order valence-corrected chi connectivity index (χ3v) is 5.65. The van der Waals surface area contributed by atoms with E-state index in [0.29, 0.717) is 12.2 Å². The number of aliphatic carboxylic acids is 1. The fraction of sp³-hybridized carbons (Fsp3) is 0.500. The van der Waals surface area contributed by atoms with Gasteiger partial charge in [0.2, 0.25) is 17.6 Å². The molecule has 5 rings (SSSR count). The van der Waals surface area contributed by atoms with E-state index < -0.39 is 29.4 Å². The van der Waals surface area contributed by atoms with Gasteiger partial charge >= 0.3 is 5.97 Å². The van der Waals surface area contributed by atoms with E-state index in [1.165, 1.54) is 13.2 Å². The van der Waals surface area contributed by atoms with Gasteiger partial charge in [0.15, 0.2) is 0 Å². The number of carbonyl (C=O) groups excluding carboxylic acids is 2. The van der Waals surface area contributed by atoms with Gasteiger partial charge in [-0.05, 0) is 25.0 Å². The molecule has 0 aliphatic carbocycles. The summed E-state index contributed by atoms with van der Waals surface area (Å²) in [7, 11) is 1.21. The lowest BCUT2D eigenvalue weighted by atomic mass is 9.93. The van der Waals surface area contributed by atoms with Crippen molar-refractivity contribution in [1.29, 1.82) is 0 Å². The van der Waals surface area contributed by atoms with E-state index in [1.807, 2.05) is 4.90 Å². The van der Waals surface area contributed by atoms with Crippen molar-refractivity contribution in [3.63, 3.8) is 0 Å². The topological polar surface area (TPSA) is 90.4 Å². The second-order valence-corrected chi connectivity index (χ2v) is 7.03. The number of hydroxylamine groups is 1. The van der Waals surface area contributed by atoms with E-state index >= 15 is 0 Å². The number of piperidine rings is 1. The first-order valence-electron chi connectivity index (χ1n) is 8.89. The van der Waals surface area contributed by atoms with Gasteiger partial charge in [0.25, 0.3) is 0 Å². The van der Waals surface area contributed by atoms with Crippen molar-refractivity contribution in [1.82, 2.24) is 4.90 Å². The number of benzene rings is 1. The van der Waals surface area contributed by atoms with Crippen molar-refractivity contribution < 1.29 is 28.7 Å². The van der Waals surface area contributed by atoms with Crippen LogP contribution >= 0.6 is 0 Å². The summed E-state index contributed by atoms with van der Waals surface area (Å²) in [4.78, 5) is 45.4. The van der Waals surface area contributed by atoms with E-state index in [0.717, 1.165) is 43.6 Å². The maximum atomic E-state index is 14.9. The first kappa shape index (κ1) is 17.9. The fourth-order valence-electron chi connectivity index (χ4n) is 4.26. The molecule has 4 aliphatic heterocycles. The van der Waals surface area contributed by atoms with Crippen molar-refractivity contribution in [2.75, 3.05) is 43.3 Å². The van der Waals surface area contributed by atoms with Gasteiger partial charge in [-0.3, -0.25) is 14.4 Å². The van der Waals surface area contributed by atoms with Crippen molar-refractivity contribution in [2.24, 2.45) is 0 Å². The van der Waals surface area contributed by atoms with Crippen LogP contribution in [0.2, 0.25) is 0 Å². The fourth-order valence-corrected chi connectivity index (χ4v) is 4.26. The van der Waals surface area contributed by atoms with Gasteiger partial charge < -0.3 is 14.9 Å². The Morgan fingerprint density at radius 2 is 1.85 bits per heavy atom. The molecule has 144 valence electrons. The molecule has 27 heavy (non-hydrogen) atoms. The van der Waals surface area contributed by atoms with E-state index in [-0.39, 0.29) is 17.3 Å². The molecule has 0 amide bonds. The molecule has 1 atom stereocenters. The Kier molecular flexibility index (Phi) is 4.35. The lowest BCUT2D eigenvalue weighted by Crippen LogP contribution is -2.53. The molecule has 3 saturated heterocycles. The van der Waals surface area contributed by atoms with E-state index in [2.05, 4.69) is 4.90 Å². The second-order valence-electron chi connectivity index (χ2n) is 7.03. The molecule has 0 radical (unpaired) electrons. The van der Waals surface area contributed by atoms with Crippen LogP contribution in [-0.4, -0.2) is 72.9 Å². The van der Waals surface area contributed by atoms with Gasteiger partial charge in [-0.15, -0.1) is 0 Å². The van der Waals surface area contributed by atoms with Gasteiger partial charge in [-0.1, -0.05) is 0 Å². The van der Waals surface area contributed by atoms with Crippen LogP contribution in [0.4, 0.5) is 15.8 Å². The molecule has 0 aromatic heterocycles. The van der Waals surface area contributed by atoms with Crippen LogP contribution in [0, 0.1) is 5.82 Å². The molecule has 4 heterocycles. The lowest BCUT2D eigenvalue weighted by Gasteiger charge is -2.36. The Hall–Kier alpha value is -2.52. The molecule has 1 aromatic carbocycles. The van der Waals surface area contributed by atoms with E-state index in [4.69, 9.17) is 4.84 Å². The number of nitrogens with zero attached hydrogens (tertiary/aromatic N) is 3. The molecular weight excluding hydrogens is 357 g/mol. The maximum Gasteiger partial charge on any atom is 0.337 e. The van der Waals surface area contributed by atoms with Crippen molar-refractivity contribution in [3.05, 3.63) is 23.5 Å². The maximum absolute atomic E-state index is 14.9. The zero-order valence-corrected chi connectivity index (χ0v) is 14.9. The number of carbonyl (C=O) groups is 3. The predicted molar refractivity (Wildman–Crippen MR) is 93.5 cm³/mol. The smallest absolute Gasteiger partial charge is 0.337 e. The van der Waals surface area contributed by atoms with Crippen LogP contribution in [0.15, 0.2) is 12.1 Å². The number of ketones is 2. The Morgan fingerprint density at radius 1 is 1.15 bits per heavy atom. The largest absolute Gasteiger partial charge is 0.479 e. The van der Waals surface area contributed by atoms with Crippen molar-refractivity contribution >= 4 is 28.9 Å². The minimum atomic E-state index is -1.78. The highest BCUT2D eigenvalue weighted by atomic mass is 19.1. The van der Waals surface area contributed by atoms with Crippen molar-refractivity contribution in [2.45, 2.75) is 24.9 Å². The Morgan fingerprint density at radius 3 is 2.48 bits per heavy atom. The van der Waals surface area contributed by atoms with Gasteiger partial charge in [0.05, 0.1) is 24.0 Å². The molecule has 1 unspecified atom stereocenters. The number of rotatable bonds is 3. The minimum absolute atomic E-state index is 0.102. The number of fused-ring (bicyclic) bond motifs is 5. The number of hydrogen-bond acceptors (Lipinski definition) is 7. The van der Waals surface area contributed by atoms with Crippen LogP contribution in [-0.2, 0) is 14.4 Å². The third-order valence-electron chi connectivity index (χ3n) is 5.65. The van der Waals surface area contributed by atoms with Gasteiger partial charge in [0.1, 0.15) is 5.82 Å². The van der Waals surface area contributed by atoms with Gasteiger partial charge in [-0.2, -0.15) is 0 Å². The van der Waals surface area contributed by atoms with Crippen LogP contribution < -0.4 is 9.96 Å². The molecule has 1 aromatic rings. The molecule has 3 fully saturated rings. The molecule has 8 nitrogen and oxygen atoms in total. The number of carboxylic acid groups (broad SMARTS) is 1. The highest BCUT2D eigenvalue weighted by Gasteiger charge is 2.45. The predicted octanol–water partition coefficient (Wildman–Crippen LogP) is 0.697. The standard InChI is InChI=1S/C18H20FN3O5/c1-27-22-13-9-14(21-7-6-20-4-2-10(21)3-5-20)12(19)8-11(13)16(23)17(24)15(22)18(25)26/h8-10,15H,2-7H2,1H3,(H,25,26). The first-order chi connectivity index (χ1) is 12.9. The zero-order valence-electron chi connectivity index (χ0n) is 14.9. The molecule has 0 saturated carbocycles. The average molecular weight is 377 g/mol. The highest BCUT2D eigenvalue weighted by Crippen LogP contribution is 2.37. The summed E-state index contributed by atoms with van der Waals surface area (Å²) in [6.07, 6.45) is 1.83. The SMILES string of the molecule is CON1c2cc(N3CCN4CCC3CC4)c(F)cc2C(=O)C(=O)C1C(=O)O. The number of halogens is 1. The molecule has 4 aliphatic rings. The molecule has 0 spiro atoms. The normalized spacial score (nSPS) is 27.6. The quantitative estimate of drug-likeness (QED) is 0.608. The summed E-state index contributed by atoms with van der Waals surface area (Å²) in [5.41, 5.74) is 0.226. The zero-order chi connectivity index (χ0) is 19.3. The first-order valence-corrected chi connectivity index (χ1v) is 8.89. The summed E-state index contributed by atoms with van der Waals surface area (Å²) in [6, 6.07) is 0.859. The molecule has 1 N–H and O–H groups in total. The van der Waals surface area contributed by atoms with Crippen LogP contribution in [0.5, 0.6) is 0 Å². The van der Waals surface area contributed by atoms with Crippen LogP contribution in [0.25, 0.3) is 0 Å². The number of Topliss-reactive ketones (excluding diaryl/α,β-unsaturated/α-hetero) is 2. The summed E-state index contributed by atoms with van der Waals surface area (Å²) in [6.45, 7) is 3.39. The van der Waals surface area contributed by atoms with Gasteiger partial charge in [-0.25, -0.2) is 14.2 Å². The monoisotopic (exact) mass is 377 g/mol. The van der Waals surface area contributed by atoms with Crippen LogP contribution in [0.3, 0.4) is 0 Å². The average Bonchev–Trinajstić information content (AvgIpc) is 2.98. The third kappa shape index (κ3) is 2.78. The Bertz CT molecular complexity index is 821. The highest BCUT2D eigenvalue weighted by molar-refractivity contribution is 6.51. The minimum Gasteiger partial charge on any atom is -0.479 e. The number of hydrogen-bond donors (Lipinski definition) is 1. The summed E-state index contributed by atoms with van der Waals surface area (Å²) in [5.74, 6) is -4.25. The van der Waals surface area contributed by atoms with E-state index in [1.54, 1.807) is 0 Å². The van der Waals surface area contributed by atoms with E-state index in [9.17, 15) is 23.9 Å². The Labute approximate surface area is 155 Å². The molecular formula is C18H20FN3O5.